The van der Waals surface area contributed by atoms with Gasteiger partial charge in [-0.1, -0.05) is 26.2 Å². The van der Waals surface area contributed by atoms with Gasteiger partial charge in [0.1, 0.15) is 5.70 Å². The third-order valence-corrected chi connectivity index (χ3v) is 2.13. The Labute approximate surface area is 104 Å². The topological polar surface area (TPSA) is 55.6 Å². The molecule has 0 rings (SSSR count). The van der Waals surface area contributed by atoms with Crippen LogP contribution in [0.1, 0.15) is 32.6 Å². The molecule has 0 saturated heterocycles. The zero-order chi connectivity index (χ0) is 13.1. The van der Waals surface area contributed by atoms with Crippen molar-refractivity contribution < 1.29 is 9.53 Å². The van der Waals surface area contributed by atoms with Gasteiger partial charge in [-0.05, 0) is 24.8 Å². The number of ether oxygens (including phenoxy) is 1. The van der Waals surface area contributed by atoms with Gasteiger partial charge in [0, 0.05) is 14.1 Å². The van der Waals surface area contributed by atoms with E-state index in [0.29, 0.717) is 6.61 Å². The van der Waals surface area contributed by atoms with Crippen LogP contribution in [-0.2, 0) is 9.53 Å². The van der Waals surface area contributed by atoms with Crippen molar-refractivity contribution in [3.8, 4) is 0 Å². The molecule has 0 heterocycles. The molecule has 0 aromatic carbocycles. The number of hydrogen-bond acceptors (Lipinski definition) is 4. The molecule has 0 aliphatic rings. The lowest BCUT2D eigenvalue weighted by molar-refractivity contribution is -0.139. The summed E-state index contributed by atoms with van der Waals surface area (Å²) in [6.07, 6.45) is 9.41. The van der Waals surface area contributed by atoms with E-state index in [1.165, 1.54) is 12.8 Å². The maximum absolute atomic E-state index is 11.4. The summed E-state index contributed by atoms with van der Waals surface area (Å²) < 4.78 is 5.03. The van der Waals surface area contributed by atoms with Crippen LogP contribution in [0.2, 0.25) is 0 Å². The molecule has 4 nitrogen and oxygen atoms in total. The molecule has 0 unspecified atom stereocenters. The fourth-order valence-corrected chi connectivity index (χ4v) is 1.16. The molecule has 0 aromatic heterocycles. The third kappa shape index (κ3) is 9.48. The third-order valence-electron chi connectivity index (χ3n) is 2.13. The lowest BCUT2D eigenvalue weighted by Gasteiger charge is -2.04. The number of unbranched alkanes of at least 4 members (excludes halogenated alkanes) is 3. The van der Waals surface area contributed by atoms with Gasteiger partial charge in [-0.15, -0.1) is 0 Å². The highest BCUT2D eigenvalue weighted by atomic mass is 16.5. The van der Waals surface area contributed by atoms with Crippen molar-refractivity contribution in [2.45, 2.75) is 32.6 Å². The highest BCUT2D eigenvalue weighted by Gasteiger charge is 2.04. The number of carbonyl (C=O) groups is 1. The number of rotatable bonds is 8. The van der Waals surface area contributed by atoms with Crippen LogP contribution >= 0.6 is 0 Å². The van der Waals surface area contributed by atoms with E-state index in [4.69, 9.17) is 10.5 Å². The molecule has 2 N–H and O–H groups in total. The Balaban J connectivity index is 3.81. The molecule has 98 valence electrons. The number of carbonyl (C=O) groups excluding carboxylic acids is 1. The van der Waals surface area contributed by atoms with E-state index in [9.17, 15) is 4.79 Å². The number of nitrogens with zero attached hydrogens (tertiary/aromatic N) is 1. The van der Waals surface area contributed by atoms with Crippen molar-refractivity contribution in [2.75, 3.05) is 20.7 Å². The van der Waals surface area contributed by atoms with Crippen LogP contribution < -0.4 is 5.73 Å². The molecule has 0 amide bonds. The summed E-state index contributed by atoms with van der Waals surface area (Å²) in [5.74, 6) is -0.440. The summed E-state index contributed by atoms with van der Waals surface area (Å²) in [6, 6.07) is 0. The van der Waals surface area contributed by atoms with Crippen molar-refractivity contribution in [1.29, 1.82) is 0 Å². The Morgan fingerprint density at radius 1 is 1.29 bits per heavy atom. The Bertz CT molecular complexity index is 271. The Morgan fingerprint density at radius 2 is 2.00 bits per heavy atom. The van der Waals surface area contributed by atoms with Crippen LogP contribution in [-0.4, -0.2) is 31.6 Å². The fourth-order valence-electron chi connectivity index (χ4n) is 1.16. The second kappa shape index (κ2) is 9.75. The van der Waals surface area contributed by atoms with Gasteiger partial charge >= 0.3 is 5.97 Å². The van der Waals surface area contributed by atoms with E-state index in [1.807, 2.05) is 19.0 Å². The number of esters is 1. The molecule has 0 spiro atoms. The second-order valence-corrected chi connectivity index (χ2v) is 4.12. The van der Waals surface area contributed by atoms with Crippen molar-refractivity contribution in [3.05, 3.63) is 24.0 Å². The van der Waals surface area contributed by atoms with Crippen LogP contribution in [0, 0.1) is 0 Å². The largest absolute Gasteiger partial charge is 0.461 e. The molecule has 0 aliphatic carbocycles. The summed E-state index contributed by atoms with van der Waals surface area (Å²) >= 11 is 0. The van der Waals surface area contributed by atoms with Crippen molar-refractivity contribution >= 4 is 5.97 Å². The minimum absolute atomic E-state index is 0.138. The van der Waals surface area contributed by atoms with Crippen LogP contribution in [0.3, 0.4) is 0 Å². The monoisotopic (exact) mass is 240 g/mol. The average Bonchev–Trinajstić information content (AvgIpc) is 2.27. The van der Waals surface area contributed by atoms with E-state index < -0.39 is 5.97 Å². The van der Waals surface area contributed by atoms with Gasteiger partial charge in [0.15, 0.2) is 0 Å². The first-order valence-electron chi connectivity index (χ1n) is 6.05. The standard InChI is InChI=1S/C13H24N2O2/c1-4-5-6-7-11-17-13(16)12(14)9-8-10-15(2)3/h8-10H,4-7,11,14H2,1-3H3/b10-8+,12-9+. The first kappa shape index (κ1) is 15.6. The van der Waals surface area contributed by atoms with Gasteiger partial charge in [0.2, 0.25) is 0 Å². The van der Waals surface area contributed by atoms with Gasteiger partial charge in [-0.2, -0.15) is 0 Å². The first-order valence-corrected chi connectivity index (χ1v) is 6.05. The predicted molar refractivity (Wildman–Crippen MR) is 70.2 cm³/mol. The average molecular weight is 240 g/mol. The lowest BCUT2D eigenvalue weighted by atomic mass is 10.2. The van der Waals surface area contributed by atoms with Crippen LogP contribution in [0.15, 0.2) is 24.0 Å². The minimum Gasteiger partial charge on any atom is -0.461 e. The summed E-state index contributed by atoms with van der Waals surface area (Å²) in [7, 11) is 3.79. The van der Waals surface area contributed by atoms with Gasteiger partial charge in [0.25, 0.3) is 0 Å². The summed E-state index contributed by atoms with van der Waals surface area (Å²) in [6.45, 7) is 2.59. The summed E-state index contributed by atoms with van der Waals surface area (Å²) in [4.78, 5) is 13.2. The lowest BCUT2D eigenvalue weighted by Crippen LogP contribution is -2.15. The van der Waals surface area contributed by atoms with Crippen LogP contribution in [0.5, 0.6) is 0 Å². The zero-order valence-corrected chi connectivity index (χ0v) is 11.1. The maximum atomic E-state index is 11.4. The number of hydrogen-bond donors (Lipinski definition) is 1. The fraction of sp³-hybridized carbons (Fsp3) is 0.615. The maximum Gasteiger partial charge on any atom is 0.354 e. The molecule has 17 heavy (non-hydrogen) atoms. The predicted octanol–water partition coefficient (Wildman–Crippen LogP) is 2.03. The van der Waals surface area contributed by atoms with Crippen LogP contribution in [0.4, 0.5) is 0 Å². The van der Waals surface area contributed by atoms with Crippen molar-refractivity contribution in [2.24, 2.45) is 5.73 Å². The van der Waals surface area contributed by atoms with E-state index in [0.717, 1.165) is 12.8 Å². The molecule has 0 fully saturated rings. The molecule has 0 atom stereocenters. The molecule has 4 heteroatoms. The molecule has 0 saturated carbocycles. The molecule has 0 bridgehead atoms. The van der Waals surface area contributed by atoms with Gasteiger partial charge in [-0.25, -0.2) is 4.79 Å². The van der Waals surface area contributed by atoms with Crippen LogP contribution in [0.25, 0.3) is 0 Å². The number of nitrogens with two attached hydrogens (primary N) is 1. The number of allylic oxidation sites excluding steroid dienone is 2. The van der Waals surface area contributed by atoms with Gasteiger partial charge in [-0.3, -0.25) is 0 Å². The van der Waals surface area contributed by atoms with E-state index in [2.05, 4.69) is 6.92 Å². The minimum atomic E-state index is -0.440. The summed E-state index contributed by atoms with van der Waals surface area (Å²) in [5, 5.41) is 0. The molecule has 0 aliphatic heterocycles. The molecule has 0 radical (unpaired) electrons. The highest BCUT2D eigenvalue weighted by Crippen LogP contribution is 2.00. The SMILES string of the molecule is CCCCCCOC(=O)/C(N)=C\C=C\N(C)C. The first-order chi connectivity index (χ1) is 8.07. The highest BCUT2D eigenvalue weighted by molar-refractivity contribution is 5.87. The van der Waals surface area contributed by atoms with E-state index in [-0.39, 0.29) is 5.70 Å². The Kier molecular flexibility index (Phi) is 8.92. The Morgan fingerprint density at radius 3 is 2.59 bits per heavy atom. The van der Waals surface area contributed by atoms with E-state index in [1.54, 1.807) is 18.4 Å². The molecular formula is C13H24N2O2. The second-order valence-electron chi connectivity index (χ2n) is 4.12. The smallest absolute Gasteiger partial charge is 0.354 e. The Hall–Kier alpha value is -1.45. The van der Waals surface area contributed by atoms with Crippen molar-refractivity contribution in [1.82, 2.24) is 4.90 Å². The summed E-state index contributed by atoms with van der Waals surface area (Å²) in [5.41, 5.74) is 5.70. The van der Waals surface area contributed by atoms with E-state index >= 15 is 0 Å². The zero-order valence-electron chi connectivity index (χ0n) is 11.1. The quantitative estimate of drug-likeness (QED) is 0.305. The molecular weight excluding hydrogens is 216 g/mol. The van der Waals surface area contributed by atoms with Crippen molar-refractivity contribution in [3.63, 3.8) is 0 Å². The van der Waals surface area contributed by atoms with Gasteiger partial charge < -0.3 is 15.4 Å². The molecule has 0 aromatic rings. The normalized spacial score (nSPS) is 11.8. The van der Waals surface area contributed by atoms with Gasteiger partial charge in [0.05, 0.1) is 6.61 Å².